The van der Waals surface area contributed by atoms with Crippen molar-refractivity contribution in [3.63, 3.8) is 0 Å². The van der Waals surface area contributed by atoms with Crippen LogP contribution < -0.4 is 15.4 Å². The van der Waals surface area contributed by atoms with Gasteiger partial charge in [-0.05, 0) is 80.9 Å². The largest absolute Gasteiger partial charge is 0.491 e. The lowest BCUT2D eigenvalue weighted by molar-refractivity contribution is 0.101. The van der Waals surface area contributed by atoms with E-state index in [4.69, 9.17) is 31.0 Å². The fourth-order valence-corrected chi connectivity index (χ4v) is 6.85. The molecule has 0 saturated carbocycles. The second-order valence-corrected chi connectivity index (χ2v) is 12.9. The molecule has 6 rings (SSSR count). The van der Waals surface area contributed by atoms with Gasteiger partial charge in [-0.3, -0.25) is 9.69 Å². The van der Waals surface area contributed by atoms with Gasteiger partial charge in [0.05, 0.1) is 26.3 Å². The van der Waals surface area contributed by atoms with Crippen molar-refractivity contribution in [2.45, 2.75) is 25.7 Å². The molecule has 3 aromatic carbocycles. The molecule has 254 valence electrons. The molecule has 0 radical (unpaired) electrons. The van der Waals surface area contributed by atoms with Crippen molar-refractivity contribution in [1.29, 1.82) is 0 Å². The van der Waals surface area contributed by atoms with Crippen LogP contribution in [0.2, 0.25) is 5.02 Å². The van der Waals surface area contributed by atoms with Crippen molar-refractivity contribution >= 4 is 46.2 Å². The van der Waals surface area contributed by atoms with Crippen molar-refractivity contribution < 1.29 is 23.0 Å². The number of nitrogens with zero attached hydrogens (tertiary/aromatic N) is 4. The summed E-state index contributed by atoms with van der Waals surface area (Å²) in [6, 6.07) is 17.5. The normalized spacial score (nSPS) is 13.1. The first-order chi connectivity index (χ1) is 23.9. The van der Waals surface area contributed by atoms with Gasteiger partial charge in [-0.15, -0.1) is 11.3 Å². The molecule has 2 N–H and O–H groups in total. The van der Waals surface area contributed by atoms with Crippen molar-refractivity contribution in [1.82, 2.24) is 19.9 Å². The highest BCUT2D eigenvalue weighted by Gasteiger charge is 2.20. The second-order valence-electron chi connectivity index (χ2n) is 11.4. The molecule has 0 aliphatic carbocycles. The molecule has 0 unspecified atom stereocenters. The highest BCUT2D eigenvalue weighted by molar-refractivity contribution is 7.15. The number of carbonyl (C=O) groups excluding carboxylic acids is 1. The molecular weight excluding hydrogens is 670 g/mol. The summed E-state index contributed by atoms with van der Waals surface area (Å²) in [5.41, 5.74) is 2.39. The summed E-state index contributed by atoms with van der Waals surface area (Å²) in [7, 11) is 1.66. The highest BCUT2D eigenvalue weighted by atomic mass is 35.5. The molecule has 1 saturated heterocycles. The Kier molecular flexibility index (Phi) is 11.4. The first-order valence-corrected chi connectivity index (χ1v) is 17.2. The summed E-state index contributed by atoms with van der Waals surface area (Å²) in [5.74, 6) is -1.79. The van der Waals surface area contributed by atoms with Crippen LogP contribution in [0, 0.1) is 11.6 Å². The molecule has 1 aliphatic heterocycles. The van der Waals surface area contributed by atoms with Crippen LogP contribution in [0.25, 0.3) is 21.8 Å². The van der Waals surface area contributed by atoms with Gasteiger partial charge in [0.1, 0.15) is 29.6 Å². The number of hydrogen-bond donors (Lipinski definition) is 2. The maximum Gasteiger partial charge on any atom is 0.261 e. The van der Waals surface area contributed by atoms with Crippen molar-refractivity contribution in [2.75, 3.05) is 50.6 Å². The van der Waals surface area contributed by atoms with Crippen LogP contribution in [0.1, 0.15) is 34.6 Å². The summed E-state index contributed by atoms with van der Waals surface area (Å²) < 4.78 is 39.7. The Labute approximate surface area is 292 Å². The van der Waals surface area contributed by atoms with Crippen LogP contribution in [0.4, 0.5) is 26.1 Å². The fourth-order valence-electron chi connectivity index (χ4n) is 5.52. The molecule has 49 heavy (non-hydrogen) atoms. The SMILES string of the molecule is COCCCc1nc(-c2cccc(NC(=O)c3c(F)cccc3F)c2)c(-c2ccnc(Nc3ccc(OCCN4CCCC4)c(Cl)c3)n2)s1. The van der Waals surface area contributed by atoms with Crippen LogP contribution >= 0.6 is 22.9 Å². The van der Waals surface area contributed by atoms with Crippen LogP contribution in [0.15, 0.2) is 72.9 Å². The van der Waals surface area contributed by atoms with Crippen molar-refractivity contribution in [2.24, 2.45) is 0 Å². The lowest BCUT2D eigenvalue weighted by Gasteiger charge is -2.16. The third-order valence-corrected chi connectivity index (χ3v) is 9.37. The van der Waals surface area contributed by atoms with Crippen LogP contribution in [0.3, 0.4) is 0 Å². The molecule has 5 aromatic rings. The smallest absolute Gasteiger partial charge is 0.261 e. The van der Waals surface area contributed by atoms with E-state index in [1.54, 1.807) is 43.6 Å². The van der Waals surface area contributed by atoms with E-state index >= 15 is 0 Å². The van der Waals surface area contributed by atoms with E-state index in [0.29, 0.717) is 64.7 Å². The summed E-state index contributed by atoms with van der Waals surface area (Å²) in [5, 5.41) is 7.21. The van der Waals surface area contributed by atoms with Gasteiger partial charge in [-0.25, -0.2) is 23.7 Å². The number of methoxy groups -OCH3 is 1. The number of anilines is 3. The number of ether oxygens (including phenoxy) is 2. The number of rotatable bonds is 14. The van der Waals surface area contributed by atoms with E-state index in [9.17, 15) is 13.6 Å². The first kappa shape index (κ1) is 34.4. The van der Waals surface area contributed by atoms with Crippen LogP contribution in [0.5, 0.6) is 5.75 Å². The topological polar surface area (TPSA) is 102 Å². The molecule has 9 nitrogen and oxygen atoms in total. The molecule has 13 heteroatoms. The Morgan fingerprint density at radius 3 is 2.55 bits per heavy atom. The summed E-state index contributed by atoms with van der Waals surface area (Å²) >= 11 is 8.06. The predicted octanol–water partition coefficient (Wildman–Crippen LogP) is 8.25. The summed E-state index contributed by atoms with van der Waals surface area (Å²) in [6.07, 6.45) is 5.60. The molecule has 3 heterocycles. The Morgan fingerprint density at radius 1 is 0.980 bits per heavy atom. The van der Waals surface area contributed by atoms with Gasteiger partial charge in [0.15, 0.2) is 0 Å². The highest BCUT2D eigenvalue weighted by Crippen LogP contribution is 2.38. The Balaban J connectivity index is 1.22. The second kappa shape index (κ2) is 16.3. The fraction of sp³-hybridized carbons (Fsp3) is 0.278. The van der Waals surface area contributed by atoms with Gasteiger partial charge in [-0.2, -0.15) is 0 Å². The molecule has 0 atom stereocenters. The zero-order valence-corrected chi connectivity index (χ0v) is 28.4. The molecule has 1 amide bonds. The average Bonchev–Trinajstić information content (AvgIpc) is 3.77. The van der Waals surface area contributed by atoms with Gasteiger partial charge in [0.2, 0.25) is 5.95 Å². The maximum absolute atomic E-state index is 14.3. The van der Waals surface area contributed by atoms with Crippen molar-refractivity contribution in [3.8, 4) is 27.6 Å². The zero-order chi connectivity index (χ0) is 34.2. The van der Waals surface area contributed by atoms with E-state index in [1.165, 1.54) is 30.2 Å². The molecule has 2 aromatic heterocycles. The van der Waals surface area contributed by atoms with Gasteiger partial charge in [0.25, 0.3) is 5.91 Å². The number of benzene rings is 3. The van der Waals surface area contributed by atoms with E-state index in [0.717, 1.165) is 48.1 Å². The minimum atomic E-state index is -0.941. The molecule has 0 spiro atoms. The molecule has 1 aliphatic rings. The summed E-state index contributed by atoms with van der Waals surface area (Å²) in [4.78, 5) is 30.1. The standard InChI is InChI=1S/C36H35ClF2N6O3S/c1-47-19-6-11-31-44-33(23-7-4-8-24(21-23)41-35(46)32-27(38)9-5-10-28(32)39)34(49-31)29-14-15-40-36(43-29)42-25-12-13-30(26(37)22-25)48-20-18-45-16-2-3-17-45/h4-5,7-10,12-15,21-22H,2-3,6,11,16-20H2,1H3,(H,41,46)(H,40,42,43). The van der Waals surface area contributed by atoms with E-state index in [2.05, 4.69) is 20.5 Å². The van der Waals surface area contributed by atoms with Gasteiger partial charge < -0.3 is 20.1 Å². The lowest BCUT2D eigenvalue weighted by atomic mass is 10.1. The van der Waals surface area contributed by atoms with E-state index in [1.807, 2.05) is 18.2 Å². The Bertz CT molecular complexity index is 1900. The average molecular weight is 705 g/mol. The lowest BCUT2D eigenvalue weighted by Crippen LogP contribution is -2.25. The monoisotopic (exact) mass is 704 g/mol. The minimum Gasteiger partial charge on any atom is -0.491 e. The number of likely N-dealkylation sites (tertiary alicyclic amines) is 1. The third kappa shape index (κ3) is 8.76. The van der Waals surface area contributed by atoms with E-state index in [-0.39, 0.29) is 0 Å². The number of halogens is 3. The van der Waals surface area contributed by atoms with Gasteiger partial charge >= 0.3 is 0 Å². The van der Waals surface area contributed by atoms with Crippen molar-refractivity contribution in [3.05, 3.63) is 100 Å². The number of aromatic nitrogens is 3. The Hall–Kier alpha value is -4.49. The maximum atomic E-state index is 14.3. The van der Waals surface area contributed by atoms with Gasteiger partial charge in [0, 0.05) is 49.8 Å². The van der Waals surface area contributed by atoms with Crippen LogP contribution in [-0.4, -0.2) is 65.7 Å². The zero-order valence-electron chi connectivity index (χ0n) is 26.8. The summed E-state index contributed by atoms with van der Waals surface area (Å²) in [6.45, 7) is 4.26. The number of hydrogen-bond acceptors (Lipinski definition) is 9. The Morgan fingerprint density at radius 2 is 1.78 bits per heavy atom. The number of thiazole rings is 1. The molecule has 0 bridgehead atoms. The van der Waals surface area contributed by atoms with Crippen LogP contribution in [-0.2, 0) is 11.2 Å². The molecule has 1 fully saturated rings. The predicted molar refractivity (Wildman–Crippen MR) is 189 cm³/mol. The molecular formula is C36H35ClF2N6O3S. The quantitative estimate of drug-likeness (QED) is 0.112. The number of amides is 1. The number of aryl methyl sites for hydroxylation is 1. The minimum absolute atomic E-state index is 0.357. The number of carbonyl (C=O) groups is 1. The van der Waals surface area contributed by atoms with Gasteiger partial charge in [-0.1, -0.05) is 29.8 Å². The third-order valence-electron chi connectivity index (χ3n) is 7.93. The number of nitrogens with one attached hydrogen (secondary N) is 2. The first-order valence-electron chi connectivity index (χ1n) is 16.0. The van der Waals surface area contributed by atoms with E-state index < -0.39 is 23.1 Å².